The molecule has 0 heterocycles. The first-order valence-electron chi connectivity index (χ1n) is 5.29. The van der Waals surface area contributed by atoms with E-state index in [2.05, 4.69) is 0 Å². The lowest BCUT2D eigenvalue weighted by molar-refractivity contribution is 0.467. The Morgan fingerprint density at radius 2 is 1.76 bits per heavy atom. The molecule has 0 aliphatic carbocycles. The van der Waals surface area contributed by atoms with Crippen LogP contribution in [-0.2, 0) is 5.88 Å². The minimum Gasteiger partial charge on any atom is -0.457 e. The van der Waals surface area contributed by atoms with Gasteiger partial charge in [-0.1, -0.05) is 24.3 Å². The number of para-hydroxylation sites is 1. The van der Waals surface area contributed by atoms with Crippen LogP contribution >= 0.6 is 11.6 Å². The fourth-order valence-corrected chi connectivity index (χ4v) is 1.81. The highest BCUT2D eigenvalue weighted by molar-refractivity contribution is 6.17. The number of ether oxygens (including phenoxy) is 1. The molecule has 0 aliphatic rings. The van der Waals surface area contributed by atoms with Crippen LogP contribution in [0.2, 0.25) is 0 Å². The van der Waals surface area contributed by atoms with Crippen molar-refractivity contribution in [3.8, 4) is 11.5 Å². The van der Waals surface area contributed by atoms with Crippen LogP contribution in [0, 0.1) is 12.7 Å². The van der Waals surface area contributed by atoms with Crippen LogP contribution in [-0.4, -0.2) is 0 Å². The van der Waals surface area contributed by atoms with E-state index in [1.54, 1.807) is 12.1 Å². The van der Waals surface area contributed by atoms with Gasteiger partial charge in [-0.3, -0.25) is 0 Å². The van der Waals surface area contributed by atoms with E-state index >= 15 is 0 Å². The molecule has 0 N–H and O–H groups in total. The Morgan fingerprint density at radius 3 is 2.47 bits per heavy atom. The lowest BCUT2D eigenvalue weighted by Crippen LogP contribution is -1.94. The van der Waals surface area contributed by atoms with Crippen molar-refractivity contribution in [3.05, 3.63) is 59.4 Å². The number of aryl methyl sites for hydroxylation is 1. The molecule has 0 saturated carbocycles. The summed E-state index contributed by atoms with van der Waals surface area (Å²) in [5.74, 6) is 0.929. The molecule has 0 radical (unpaired) electrons. The molecule has 0 saturated heterocycles. The zero-order valence-corrected chi connectivity index (χ0v) is 10.2. The summed E-state index contributed by atoms with van der Waals surface area (Å²) in [5.41, 5.74) is 1.38. The highest BCUT2D eigenvalue weighted by Crippen LogP contribution is 2.29. The van der Waals surface area contributed by atoms with E-state index in [1.165, 1.54) is 6.07 Å². The topological polar surface area (TPSA) is 9.23 Å². The predicted molar refractivity (Wildman–Crippen MR) is 67.2 cm³/mol. The Hall–Kier alpha value is -1.54. The third kappa shape index (κ3) is 2.59. The third-order valence-electron chi connectivity index (χ3n) is 2.52. The van der Waals surface area contributed by atoms with Crippen LogP contribution in [0.15, 0.2) is 42.5 Å². The van der Waals surface area contributed by atoms with Crippen LogP contribution in [0.25, 0.3) is 0 Å². The van der Waals surface area contributed by atoms with E-state index in [0.29, 0.717) is 17.1 Å². The van der Waals surface area contributed by atoms with Gasteiger partial charge in [-0.05, 0) is 30.7 Å². The monoisotopic (exact) mass is 250 g/mol. The first-order valence-corrected chi connectivity index (χ1v) is 5.82. The van der Waals surface area contributed by atoms with Crippen LogP contribution in [0.3, 0.4) is 0 Å². The van der Waals surface area contributed by atoms with Crippen molar-refractivity contribution in [2.45, 2.75) is 12.8 Å². The van der Waals surface area contributed by atoms with Gasteiger partial charge in [0.15, 0.2) is 0 Å². The van der Waals surface area contributed by atoms with Crippen molar-refractivity contribution < 1.29 is 9.13 Å². The first kappa shape index (κ1) is 11.9. The van der Waals surface area contributed by atoms with E-state index in [0.717, 1.165) is 5.56 Å². The van der Waals surface area contributed by atoms with Crippen molar-refractivity contribution in [1.29, 1.82) is 0 Å². The summed E-state index contributed by atoms with van der Waals surface area (Å²) in [4.78, 5) is 0. The van der Waals surface area contributed by atoms with Gasteiger partial charge < -0.3 is 4.74 Å². The highest BCUT2D eigenvalue weighted by Gasteiger charge is 2.09. The van der Waals surface area contributed by atoms with E-state index in [9.17, 15) is 4.39 Å². The predicted octanol–water partition coefficient (Wildman–Crippen LogP) is 4.67. The lowest BCUT2D eigenvalue weighted by Gasteiger charge is -2.11. The average molecular weight is 251 g/mol. The van der Waals surface area contributed by atoms with Crippen molar-refractivity contribution in [2.75, 3.05) is 0 Å². The quantitative estimate of drug-likeness (QED) is 0.720. The molecule has 2 rings (SSSR count). The van der Waals surface area contributed by atoms with E-state index in [-0.39, 0.29) is 11.7 Å². The molecule has 1 nitrogen and oxygen atoms in total. The normalized spacial score (nSPS) is 10.3. The summed E-state index contributed by atoms with van der Waals surface area (Å²) >= 11 is 5.72. The molecule has 2 aromatic carbocycles. The maximum Gasteiger partial charge on any atom is 0.134 e. The van der Waals surface area contributed by atoms with Gasteiger partial charge in [-0.25, -0.2) is 4.39 Å². The second kappa shape index (κ2) is 5.19. The molecule has 0 aromatic heterocycles. The Kier molecular flexibility index (Phi) is 3.64. The maximum absolute atomic E-state index is 13.5. The Balaban J connectivity index is 2.37. The van der Waals surface area contributed by atoms with Crippen LogP contribution in [0.4, 0.5) is 4.39 Å². The zero-order chi connectivity index (χ0) is 12.3. The second-order valence-electron chi connectivity index (χ2n) is 3.72. The second-order valence-corrected chi connectivity index (χ2v) is 3.98. The summed E-state index contributed by atoms with van der Waals surface area (Å²) in [7, 11) is 0. The van der Waals surface area contributed by atoms with Crippen molar-refractivity contribution in [2.24, 2.45) is 0 Å². The van der Waals surface area contributed by atoms with Crippen molar-refractivity contribution in [3.63, 3.8) is 0 Å². The molecule has 0 unspecified atom stereocenters. The van der Waals surface area contributed by atoms with Gasteiger partial charge in [0.1, 0.15) is 17.3 Å². The SMILES string of the molecule is Cc1ccccc1Oc1cccc(F)c1CCl. The number of halogens is 2. The van der Waals surface area contributed by atoms with Crippen LogP contribution in [0.5, 0.6) is 11.5 Å². The minimum absolute atomic E-state index is 0.0912. The standard InChI is InChI=1S/C14H12ClFO/c1-10-5-2-3-7-13(10)17-14-8-4-6-12(16)11(14)9-15/h2-8H,9H2,1H3. The number of rotatable bonds is 3. The Bertz CT molecular complexity index is 525. The number of benzene rings is 2. The fraction of sp³-hybridized carbons (Fsp3) is 0.143. The molecule has 0 atom stereocenters. The summed E-state index contributed by atoms with van der Waals surface area (Å²) < 4.78 is 19.2. The summed E-state index contributed by atoms with van der Waals surface area (Å²) in [5, 5.41) is 0. The molecule has 17 heavy (non-hydrogen) atoms. The molecule has 0 bridgehead atoms. The molecule has 3 heteroatoms. The van der Waals surface area contributed by atoms with Gasteiger partial charge in [-0.2, -0.15) is 0 Å². The summed E-state index contributed by atoms with van der Waals surface area (Å²) in [6, 6.07) is 12.3. The average Bonchev–Trinajstić information content (AvgIpc) is 2.32. The van der Waals surface area contributed by atoms with Crippen molar-refractivity contribution in [1.82, 2.24) is 0 Å². The largest absolute Gasteiger partial charge is 0.457 e. The van der Waals surface area contributed by atoms with Gasteiger partial charge in [0.05, 0.1) is 5.88 Å². The third-order valence-corrected chi connectivity index (χ3v) is 2.79. The Morgan fingerprint density at radius 1 is 1.06 bits per heavy atom. The minimum atomic E-state index is -0.342. The first-order chi connectivity index (χ1) is 8.22. The van der Waals surface area contributed by atoms with Gasteiger partial charge in [0, 0.05) is 5.56 Å². The zero-order valence-electron chi connectivity index (χ0n) is 9.41. The molecule has 2 aromatic rings. The van der Waals surface area contributed by atoms with Gasteiger partial charge in [-0.15, -0.1) is 11.6 Å². The lowest BCUT2D eigenvalue weighted by atomic mass is 10.2. The van der Waals surface area contributed by atoms with E-state index in [1.807, 2.05) is 31.2 Å². The van der Waals surface area contributed by atoms with Gasteiger partial charge in [0.2, 0.25) is 0 Å². The molecule has 0 spiro atoms. The summed E-state index contributed by atoms with van der Waals surface area (Å²) in [6.45, 7) is 1.94. The van der Waals surface area contributed by atoms with Crippen molar-refractivity contribution >= 4 is 11.6 Å². The van der Waals surface area contributed by atoms with E-state index < -0.39 is 0 Å². The molecule has 0 amide bonds. The maximum atomic E-state index is 13.5. The molecular weight excluding hydrogens is 239 g/mol. The number of hydrogen-bond acceptors (Lipinski definition) is 1. The fourth-order valence-electron chi connectivity index (χ4n) is 1.55. The van der Waals surface area contributed by atoms with Gasteiger partial charge >= 0.3 is 0 Å². The molecule has 0 aliphatic heterocycles. The number of hydrogen-bond donors (Lipinski definition) is 0. The molecular formula is C14H12ClFO. The summed E-state index contributed by atoms with van der Waals surface area (Å²) in [6.07, 6.45) is 0. The molecule has 88 valence electrons. The van der Waals surface area contributed by atoms with Crippen LogP contribution < -0.4 is 4.74 Å². The highest BCUT2D eigenvalue weighted by atomic mass is 35.5. The number of alkyl halides is 1. The molecule has 0 fully saturated rings. The van der Waals surface area contributed by atoms with Gasteiger partial charge in [0.25, 0.3) is 0 Å². The smallest absolute Gasteiger partial charge is 0.134 e. The Labute approximate surface area is 105 Å². The van der Waals surface area contributed by atoms with Crippen LogP contribution in [0.1, 0.15) is 11.1 Å². The van der Waals surface area contributed by atoms with E-state index in [4.69, 9.17) is 16.3 Å².